The highest BCUT2D eigenvalue weighted by Gasteiger charge is 2.11. The maximum Gasteiger partial charge on any atom is 0.129 e. The summed E-state index contributed by atoms with van der Waals surface area (Å²) >= 11 is 5.88. The lowest BCUT2D eigenvalue weighted by atomic mass is 10.1. The number of hydrogen-bond acceptors (Lipinski definition) is 2. The summed E-state index contributed by atoms with van der Waals surface area (Å²) < 4.78 is 0. The van der Waals surface area contributed by atoms with Crippen molar-refractivity contribution in [1.29, 1.82) is 0 Å². The van der Waals surface area contributed by atoms with E-state index in [0.717, 1.165) is 13.1 Å². The summed E-state index contributed by atoms with van der Waals surface area (Å²) in [5, 5.41) is 0.575. The summed E-state index contributed by atoms with van der Waals surface area (Å²) in [5.74, 6) is 0.680. The molecule has 0 atom stereocenters. The molecule has 1 rings (SSSR count). The second-order valence-electron chi connectivity index (χ2n) is 4.90. The topological polar surface area (TPSA) is 16.1 Å². The zero-order chi connectivity index (χ0) is 12.1. The Labute approximate surface area is 104 Å². The molecule has 1 aromatic rings. The monoisotopic (exact) mass is 240 g/mol. The van der Waals surface area contributed by atoms with Gasteiger partial charge in [-0.05, 0) is 37.5 Å². The average molecular weight is 241 g/mol. The van der Waals surface area contributed by atoms with Gasteiger partial charge in [-0.2, -0.15) is 0 Å². The van der Waals surface area contributed by atoms with Crippen LogP contribution in [0.5, 0.6) is 0 Å². The van der Waals surface area contributed by atoms with Crippen LogP contribution in [0.4, 0.5) is 0 Å². The lowest BCUT2D eigenvalue weighted by Gasteiger charge is -2.28. The van der Waals surface area contributed by atoms with Crippen LogP contribution in [-0.4, -0.2) is 22.5 Å². The van der Waals surface area contributed by atoms with E-state index >= 15 is 0 Å². The zero-order valence-electron chi connectivity index (χ0n) is 10.6. The molecule has 1 aromatic heterocycles. The van der Waals surface area contributed by atoms with Crippen molar-refractivity contribution in [3.63, 3.8) is 0 Å². The molecule has 0 aliphatic carbocycles. The number of rotatable bonds is 5. The van der Waals surface area contributed by atoms with Gasteiger partial charge in [-0.1, -0.05) is 25.4 Å². The van der Waals surface area contributed by atoms with Crippen molar-refractivity contribution in [3.8, 4) is 0 Å². The highest BCUT2D eigenvalue weighted by molar-refractivity contribution is 6.29. The maximum atomic E-state index is 5.88. The minimum atomic E-state index is 0.550. The second kappa shape index (κ2) is 6.21. The molecule has 0 aromatic carbocycles. The van der Waals surface area contributed by atoms with Crippen molar-refractivity contribution in [2.24, 2.45) is 5.92 Å². The molecule has 90 valence electrons. The van der Waals surface area contributed by atoms with Gasteiger partial charge >= 0.3 is 0 Å². The average Bonchev–Trinajstić information content (AvgIpc) is 2.15. The number of pyridine rings is 1. The van der Waals surface area contributed by atoms with Crippen LogP contribution in [0.1, 0.15) is 33.3 Å². The summed E-state index contributed by atoms with van der Waals surface area (Å²) in [6.45, 7) is 11.0. The molecule has 0 saturated heterocycles. The van der Waals surface area contributed by atoms with Gasteiger partial charge in [-0.15, -0.1) is 0 Å². The molecule has 0 saturated carbocycles. The van der Waals surface area contributed by atoms with Gasteiger partial charge in [0.2, 0.25) is 0 Å². The van der Waals surface area contributed by atoms with E-state index in [1.54, 1.807) is 6.20 Å². The Hall–Kier alpha value is -0.600. The van der Waals surface area contributed by atoms with Crippen LogP contribution in [0.25, 0.3) is 0 Å². The van der Waals surface area contributed by atoms with Crippen LogP contribution in [0.2, 0.25) is 5.15 Å². The molecule has 0 spiro atoms. The van der Waals surface area contributed by atoms with Gasteiger partial charge in [0.25, 0.3) is 0 Å². The molecule has 0 amide bonds. The molecule has 0 aliphatic rings. The first-order valence-electron chi connectivity index (χ1n) is 5.83. The zero-order valence-corrected chi connectivity index (χ0v) is 11.3. The Morgan fingerprint density at radius 3 is 2.50 bits per heavy atom. The molecular formula is C13H21ClN2. The fourth-order valence-electron chi connectivity index (χ4n) is 1.70. The van der Waals surface area contributed by atoms with E-state index < -0.39 is 0 Å². The van der Waals surface area contributed by atoms with Gasteiger partial charge in [0.1, 0.15) is 5.15 Å². The molecule has 0 fully saturated rings. The van der Waals surface area contributed by atoms with Crippen LogP contribution >= 0.6 is 11.6 Å². The van der Waals surface area contributed by atoms with Gasteiger partial charge in [-0.3, -0.25) is 4.90 Å². The number of nitrogens with zero attached hydrogens (tertiary/aromatic N) is 2. The largest absolute Gasteiger partial charge is 0.296 e. The van der Waals surface area contributed by atoms with Crippen molar-refractivity contribution in [1.82, 2.24) is 9.88 Å². The van der Waals surface area contributed by atoms with E-state index in [1.807, 2.05) is 12.1 Å². The first-order valence-corrected chi connectivity index (χ1v) is 6.21. The van der Waals surface area contributed by atoms with E-state index in [4.69, 9.17) is 11.6 Å². The standard InChI is InChI=1S/C13H21ClN2/c1-10(2)8-16(11(3)4)9-12-5-6-15-13(14)7-12/h5-7,10-11H,8-9H2,1-4H3. The fourth-order valence-corrected chi connectivity index (χ4v) is 1.90. The highest BCUT2D eigenvalue weighted by Crippen LogP contribution is 2.13. The van der Waals surface area contributed by atoms with Crippen molar-refractivity contribution >= 4 is 11.6 Å². The Bertz CT molecular complexity index is 323. The smallest absolute Gasteiger partial charge is 0.129 e. The first-order chi connectivity index (χ1) is 7.49. The van der Waals surface area contributed by atoms with Gasteiger partial charge in [0.05, 0.1) is 0 Å². The van der Waals surface area contributed by atoms with Crippen LogP contribution in [-0.2, 0) is 6.54 Å². The molecule has 0 N–H and O–H groups in total. The SMILES string of the molecule is CC(C)CN(Cc1ccnc(Cl)c1)C(C)C. The van der Waals surface area contributed by atoms with Crippen molar-refractivity contribution in [2.75, 3.05) is 6.54 Å². The number of halogens is 1. The molecule has 0 unspecified atom stereocenters. The van der Waals surface area contributed by atoms with Crippen LogP contribution in [0, 0.1) is 5.92 Å². The summed E-state index contributed by atoms with van der Waals surface area (Å²) in [7, 11) is 0. The Balaban J connectivity index is 2.68. The van der Waals surface area contributed by atoms with Gasteiger partial charge < -0.3 is 0 Å². The van der Waals surface area contributed by atoms with Gasteiger partial charge in [0, 0.05) is 25.3 Å². The third-order valence-corrected chi connectivity index (χ3v) is 2.71. The molecule has 0 aliphatic heterocycles. The molecule has 3 heteroatoms. The summed E-state index contributed by atoms with van der Waals surface area (Å²) in [5.41, 5.74) is 1.23. The van der Waals surface area contributed by atoms with E-state index in [2.05, 4.69) is 37.6 Å². The van der Waals surface area contributed by atoms with Crippen molar-refractivity contribution < 1.29 is 0 Å². The van der Waals surface area contributed by atoms with Gasteiger partial charge in [-0.25, -0.2) is 4.98 Å². The summed E-state index contributed by atoms with van der Waals surface area (Å²) in [6.07, 6.45) is 1.77. The molecule has 16 heavy (non-hydrogen) atoms. The third kappa shape index (κ3) is 4.50. The minimum Gasteiger partial charge on any atom is -0.296 e. The number of aromatic nitrogens is 1. The second-order valence-corrected chi connectivity index (χ2v) is 5.29. The quantitative estimate of drug-likeness (QED) is 0.731. The van der Waals surface area contributed by atoms with Crippen LogP contribution in [0.3, 0.4) is 0 Å². The van der Waals surface area contributed by atoms with Crippen LogP contribution in [0.15, 0.2) is 18.3 Å². The molecule has 1 heterocycles. The van der Waals surface area contributed by atoms with Crippen molar-refractivity contribution in [3.05, 3.63) is 29.0 Å². The third-order valence-electron chi connectivity index (χ3n) is 2.51. The van der Waals surface area contributed by atoms with E-state index in [1.165, 1.54) is 5.56 Å². The minimum absolute atomic E-state index is 0.550. The normalized spacial score (nSPS) is 11.8. The lowest BCUT2D eigenvalue weighted by Crippen LogP contribution is -2.33. The summed E-state index contributed by atoms with van der Waals surface area (Å²) in [4.78, 5) is 6.45. The molecular weight excluding hydrogens is 220 g/mol. The lowest BCUT2D eigenvalue weighted by molar-refractivity contribution is 0.189. The highest BCUT2D eigenvalue weighted by atomic mass is 35.5. The molecule has 2 nitrogen and oxygen atoms in total. The fraction of sp³-hybridized carbons (Fsp3) is 0.615. The van der Waals surface area contributed by atoms with E-state index in [9.17, 15) is 0 Å². The van der Waals surface area contributed by atoms with Gasteiger partial charge in [0.15, 0.2) is 0 Å². The Morgan fingerprint density at radius 1 is 1.31 bits per heavy atom. The number of hydrogen-bond donors (Lipinski definition) is 0. The van der Waals surface area contributed by atoms with E-state index in [-0.39, 0.29) is 0 Å². The molecule has 0 radical (unpaired) electrons. The van der Waals surface area contributed by atoms with Crippen LogP contribution < -0.4 is 0 Å². The maximum absolute atomic E-state index is 5.88. The van der Waals surface area contributed by atoms with E-state index in [0.29, 0.717) is 17.1 Å². The Kier molecular flexibility index (Phi) is 5.23. The van der Waals surface area contributed by atoms with Crippen molar-refractivity contribution in [2.45, 2.75) is 40.3 Å². The predicted molar refractivity (Wildman–Crippen MR) is 69.6 cm³/mol. The molecule has 0 bridgehead atoms. The summed E-state index contributed by atoms with van der Waals surface area (Å²) in [6, 6.07) is 4.52. The first kappa shape index (κ1) is 13.5. The predicted octanol–water partition coefficient (Wildman–Crippen LogP) is 3.60. The Morgan fingerprint density at radius 2 is 2.00 bits per heavy atom.